The molecule has 0 aliphatic heterocycles. The minimum Gasteiger partial charge on any atom is -0.390 e. The fourth-order valence-corrected chi connectivity index (χ4v) is 4.05. The Bertz CT molecular complexity index is 1070. The van der Waals surface area contributed by atoms with Crippen LogP contribution in [0.3, 0.4) is 0 Å². The number of carbonyl (C=O) groups excluding carboxylic acids is 1. The van der Waals surface area contributed by atoms with Crippen molar-refractivity contribution in [2.24, 2.45) is 0 Å². The molecular weight excluding hydrogens is 477 g/mol. The van der Waals surface area contributed by atoms with Crippen LogP contribution in [0.25, 0.3) is 0 Å². The van der Waals surface area contributed by atoms with Gasteiger partial charge in [-0.3, -0.25) is 4.79 Å². The second kappa shape index (κ2) is 11.4. The van der Waals surface area contributed by atoms with Crippen LogP contribution in [0, 0.1) is 11.3 Å². The van der Waals surface area contributed by atoms with E-state index in [9.17, 15) is 28.2 Å². The van der Waals surface area contributed by atoms with Crippen LogP contribution in [0.5, 0.6) is 0 Å². The highest BCUT2D eigenvalue weighted by molar-refractivity contribution is 5.85. The summed E-state index contributed by atoms with van der Waals surface area (Å²) < 4.78 is 50.3. The molecule has 1 amide bonds. The van der Waals surface area contributed by atoms with Gasteiger partial charge in [0, 0.05) is 18.9 Å². The number of nitrogens with zero attached hydrogens (tertiary/aromatic N) is 1. The highest BCUT2D eigenvalue weighted by Gasteiger charge is 2.51. The molecule has 0 spiro atoms. The molecule has 2 aromatic rings. The Kier molecular flexibility index (Phi) is 8.74. The van der Waals surface area contributed by atoms with Crippen molar-refractivity contribution in [2.45, 2.75) is 76.0 Å². The molecule has 1 aliphatic carbocycles. The molecule has 3 rings (SSSR count). The number of alkyl halides is 3. The molecule has 10 heteroatoms. The van der Waals surface area contributed by atoms with Gasteiger partial charge >= 0.3 is 6.18 Å². The van der Waals surface area contributed by atoms with E-state index in [2.05, 4.69) is 5.32 Å². The molecule has 1 aliphatic rings. The van der Waals surface area contributed by atoms with Gasteiger partial charge in [0.05, 0.1) is 42.6 Å². The second-order valence-corrected chi connectivity index (χ2v) is 9.23. The molecular formula is C26H29F3N2O5. The first-order valence-corrected chi connectivity index (χ1v) is 11.5. The molecule has 4 atom stereocenters. The van der Waals surface area contributed by atoms with E-state index in [0.717, 1.165) is 12.1 Å². The standard InChI is InChI=1S/C26H29F3N2O5/c1-16(2)31-24(34)25(36-15-19-5-3-17(13-30)4-6-19)11-21(32)23(33)22(12-25)35-14-18-7-9-20(10-8-18)26(27,28)29/h3-10,16,21-23,32-33H,11-12,14-15H2,1-2H3,(H,31,34)/t21-,22?,23-,25+/m1/s1. The summed E-state index contributed by atoms with van der Waals surface area (Å²) in [5.41, 5.74) is -0.708. The van der Waals surface area contributed by atoms with Gasteiger partial charge in [0.25, 0.3) is 5.91 Å². The van der Waals surface area contributed by atoms with E-state index < -0.39 is 41.6 Å². The Balaban J connectivity index is 1.77. The van der Waals surface area contributed by atoms with Crippen molar-refractivity contribution in [3.8, 4) is 6.07 Å². The van der Waals surface area contributed by atoms with Gasteiger partial charge in [-0.15, -0.1) is 0 Å². The van der Waals surface area contributed by atoms with Crippen LogP contribution in [0.1, 0.15) is 48.9 Å². The quantitative estimate of drug-likeness (QED) is 0.506. The van der Waals surface area contributed by atoms with E-state index in [1.165, 1.54) is 12.1 Å². The number of aliphatic hydroxyl groups is 2. The van der Waals surface area contributed by atoms with Gasteiger partial charge in [0.15, 0.2) is 5.60 Å². The number of benzene rings is 2. The number of hydrogen-bond donors (Lipinski definition) is 3. The minimum absolute atomic E-state index is 0.00562. The number of rotatable bonds is 8. The number of carbonyl (C=O) groups is 1. The average Bonchev–Trinajstić information content (AvgIpc) is 2.83. The normalized spacial score (nSPS) is 24.4. The number of hydrogen-bond acceptors (Lipinski definition) is 6. The summed E-state index contributed by atoms with van der Waals surface area (Å²) in [5.74, 6) is -0.472. The summed E-state index contributed by atoms with van der Waals surface area (Å²) in [7, 11) is 0. The first-order chi connectivity index (χ1) is 16.9. The highest BCUT2D eigenvalue weighted by atomic mass is 19.4. The molecule has 1 fully saturated rings. The molecule has 0 heterocycles. The van der Waals surface area contributed by atoms with Crippen molar-refractivity contribution in [3.05, 3.63) is 70.8 Å². The molecule has 3 N–H and O–H groups in total. The van der Waals surface area contributed by atoms with Gasteiger partial charge in [-0.05, 0) is 49.2 Å². The second-order valence-electron chi connectivity index (χ2n) is 9.23. The van der Waals surface area contributed by atoms with Crippen LogP contribution in [0.2, 0.25) is 0 Å². The van der Waals surface area contributed by atoms with Crippen molar-refractivity contribution in [3.63, 3.8) is 0 Å². The van der Waals surface area contributed by atoms with E-state index >= 15 is 0 Å². The summed E-state index contributed by atoms with van der Waals surface area (Å²) in [6.07, 6.45) is -8.40. The Morgan fingerprint density at radius 1 is 1.08 bits per heavy atom. The van der Waals surface area contributed by atoms with E-state index in [1.807, 2.05) is 6.07 Å². The molecule has 0 saturated heterocycles. The summed E-state index contributed by atoms with van der Waals surface area (Å²) in [4.78, 5) is 13.2. The van der Waals surface area contributed by atoms with Crippen molar-refractivity contribution in [1.82, 2.24) is 5.32 Å². The lowest BCUT2D eigenvalue weighted by atomic mass is 9.78. The minimum atomic E-state index is -4.46. The van der Waals surface area contributed by atoms with Crippen molar-refractivity contribution in [2.75, 3.05) is 0 Å². The van der Waals surface area contributed by atoms with Gasteiger partial charge in [-0.2, -0.15) is 18.4 Å². The molecule has 1 saturated carbocycles. The van der Waals surface area contributed by atoms with E-state index in [1.54, 1.807) is 38.1 Å². The average molecular weight is 507 g/mol. The molecule has 1 unspecified atom stereocenters. The highest BCUT2D eigenvalue weighted by Crippen LogP contribution is 2.36. The summed E-state index contributed by atoms with van der Waals surface area (Å²) in [6.45, 7) is 3.42. The van der Waals surface area contributed by atoms with Crippen LogP contribution in [0.4, 0.5) is 13.2 Å². The predicted molar refractivity (Wildman–Crippen MR) is 123 cm³/mol. The zero-order valence-corrected chi connectivity index (χ0v) is 20.0. The lowest BCUT2D eigenvalue weighted by molar-refractivity contribution is -0.200. The maximum Gasteiger partial charge on any atom is 0.416 e. The largest absolute Gasteiger partial charge is 0.416 e. The molecule has 7 nitrogen and oxygen atoms in total. The molecule has 0 radical (unpaired) electrons. The number of aliphatic hydroxyl groups excluding tert-OH is 2. The zero-order valence-electron chi connectivity index (χ0n) is 20.0. The molecule has 0 bridgehead atoms. The summed E-state index contributed by atoms with van der Waals surface area (Å²) >= 11 is 0. The summed E-state index contributed by atoms with van der Waals surface area (Å²) in [6, 6.07) is 12.8. The third-order valence-electron chi connectivity index (χ3n) is 6.02. The van der Waals surface area contributed by atoms with Crippen LogP contribution < -0.4 is 5.32 Å². The van der Waals surface area contributed by atoms with Gasteiger partial charge in [-0.25, -0.2) is 0 Å². The van der Waals surface area contributed by atoms with Crippen LogP contribution >= 0.6 is 0 Å². The monoisotopic (exact) mass is 506 g/mol. The topological polar surface area (TPSA) is 112 Å². The van der Waals surface area contributed by atoms with Crippen molar-refractivity contribution in [1.29, 1.82) is 5.26 Å². The fraction of sp³-hybridized carbons (Fsp3) is 0.462. The van der Waals surface area contributed by atoms with Crippen LogP contribution in [0.15, 0.2) is 48.5 Å². The van der Waals surface area contributed by atoms with Gasteiger partial charge in [-0.1, -0.05) is 24.3 Å². The maximum atomic E-state index is 13.2. The Labute approximate surface area is 207 Å². The smallest absolute Gasteiger partial charge is 0.390 e. The molecule has 2 aromatic carbocycles. The van der Waals surface area contributed by atoms with Crippen molar-refractivity contribution >= 4 is 5.91 Å². The van der Waals surface area contributed by atoms with E-state index in [0.29, 0.717) is 16.7 Å². The van der Waals surface area contributed by atoms with Gasteiger partial charge < -0.3 is 25.0 Å². The summed E-state index contributed by atoms with van der Waals surface area (Å²) in [5, 5.41) is 32.9. The lowest BCUT2D eigenvalue weighted by Gasteiger charge is -2.44. The lowest BCUT2D eigenvalue weighted by Crippen LogP contribution is -2.61. The number of halogens is 3. The number of ether oxygens (including phenoxy) is 2. The SMILES string of the molecule is CC(C)NC(=O)[C@@]1(OCc2ccc(C#N)cc2)CC(OCc2ccc(C(F)(F)F)cc2)[C@H](O)[C@H](O)C1. The third kappa shape index (κ3) is 6.83. The van der Waals surface area contributed by atoms with E-state index in [4.69, 9.17) is 14.7 Å². The van der Waals surface area contributed by atoms with Crippen LogP contribution in [-0.2, 0) is 33.7 Å². The number of nitriles is 1. The third-order valence-corrected chi connectivity index (χ3v) is 6.02. The van der Waals surface area contributed by atoms with E-state index in [-0.39, 0.29) is 32.1 Å². The molecule has 36 heavy (non-hydrogen) atoms. The zero-order chi connectivity index (χ0) is 26.5. The number of nitrogens with one attached hydrogen (secondary N) is 1. The Morgan fingerprint density at radius 2 is 1.67 bits per heavy atom. The Morgan fingerprint density at radius 3 is 2.22 bits per heavy atom. The first kappa shape index (κ1) is 27.6. The maximum absolute atomic E-state index is 13.2. The predicted octanol–water partition coefficient (Wildman–Crippen LogP) is 3.46. The Hall–Kier alpha value is -2.97. The first-order valence-electron chi connectivity index (χ1n) is 11.5. The van der Waals surface area contributed by atoms with Gasteiger partial charge in [0.2, 0.25) is 0 Å². The number of amides is 1. The van der Waals surface area contributed by atoms with Crippen LogP contribution in [-0.4, -0.2) is 46.1 Å². The molecule has 194 valence electrons. The molecule has 0 aromatic heterocycles. The fourth-order valence-electron chi connectivity index (χ4n) is 4.05. The van der Waals surface area contributed by atoms with Gasteiger partial charge in [0.1, 0.15) is 6.10 Å². The van der Waals surface area contributed by atoms with Crippen molar-refractivity contribution < 1.29 is 37.7 Å².